The molecule has 0 bridgehead atoms. The lowest BCUT2D eigenvalue weighted by Gasteiger charge is -2.42. The van der Waals surface area contributed by atoms with Crippen LogP contribution in [-0.4, -0.2) is 42.0 Å². The van der Waals surface area contributed by atoms with E-state index in [4.69, 9.17) is 0 Å². The van der Waals surface area contributed by atoms with Gasteiger partial charge in [0, 0.05) is 23.4 Å². The van der Waals surface area contributed by atoms with Crippen LogP contribution in [0.2, 0.25) is 0 Å². The van der Waals surface area contributed by atoms with Crippen LogP contribution >= 0.6 is 11.8 Å². The SMILES string of the molecule is CSc1ccc2c(c1)CCN([C@@H]1c3ccccc3C3(CCNCC3)[C@H]1O)C2. The molecule has 0 saturated carbocycles. The van der Waals surface area contributed by atoms with Crippen LogP contribution in [0.5, 0.6) is 0 Å². The number of benzene rings is 2. The molecule has 4 heteroatoms. The summed E-state index contributed by atoms with van der Waals surface area (Å²) in [5.74, 6) is 0. The van der Waals surface area contributed by atoms with Crippen molar-refractivity contribution in [1.82, 2.24) is 10.2 Å². The van der Waals surface area contributed by atoms with Crippen LogP contribution in [0, 0.1) is 0 Å². The largest absolute Gasteiger partial charge is 0.390 e. The topological polar surface area (TPSA) is 35.5 Å². The highest BCUT2D eigenvalue weighted by atomic mass is 32.2. The minimum Gasteiger partial charge on any atom is -0.390 e. The van der Waals surface area contributed by atoms with Crippen molar-refractivity contribution in [1.29, 1.82) is 0 Å². The van der Waals surface area contributed by atoms with Crippen molar-refractivity contribution in [3.63, 3.8) is 0 Å². The molecule has 2 aromatic carbocycles. The summed E-state index contributed by atoms with van der Waals surface area (Å²) in [6.07, 6.45) is 4.96. The minimum atomic E-state index is -0.316. The fourth-order valence-electron chi connectivity index (χ4n) is 5.59. The number of aliphatic hydroxyl groups is 1. The molecule has 2 heterocycles. The third kappa shape index (κ3) is 2.77. The number of rotatable bonds is 2. The van der Waals surface area contributed by atoms with Crippen molar-refractivity contribution in [3.8, 4) is 0 Å². The van der Waals surface area contributed by atoms with E-state index in [9.17, 15) is 5.11 Å². The molecule has 1 fully saturated rings. The van der Waals surface area contributed by atoms with Crippen molar-refractivity contribution in [2.45, 2.75) is 48.3 Å². The summed E-state index contributed by atoms with van der Waals surface area (Å²) in [7, 11) is 0. The highest BCUT2D eigenvalue weighted by Gasteiger charge is 2.53. The number of nitrogens with one attached hydrogen (secondary N) is 1. The Labute approximate surface area is 166 Å². The van der Waals surface area contributed by atoms with Crippen LogP contribution in [0.15, 0.2) is 47.4 Å². The Morgan fingerprint density at radius 3 is 2.74 bits per heavy atom. The van der Waals surface area contributed by atoms with Gasteiger partial charge in [0.25, 0.3) is 0 Å². The first-order valence-electron chi connectivity index (χ1n) is 10.1. The normalized spacial score (nSPS) is 26.7. The number of nitrogens with zero attached hydrogens (tertiary/aromatic N) is 1. The van der Waals surface area contributed by atoms with E-state index in [1.165, 1.54) is 27.1 Å². The van der Waals surface area contributed by atoms with Crippen molar-refractivity contribution in [2.24, 2.45) is 0 Å². The smallest absolute Gasteiger partial charge is 0.0834 e. The van der Waals surface area contributed by atoms with Gasteiger partial charge in [0.1, 0.15) is 0 Å². The zero-order chi connectivity index (χ0) is 18.4. The summed E-state index contributed by atoms with van der Waals surface area (Å²) < 4.78 is 0. The molecule has 27 heavy (non-hydrogen) atoms. The van der Waals surface area contributed by atoms with Crippen molar-refractivity contribution in [3.05, 3.63) is 64.7 Å². The highest BCUT2D eigenvalue weighted by Crippen LogP contribution is 2.52. The summed E-state index contributed by atoms with van der Waals surface area (Å²) >= 11 is 1.81. The van der Waals surface area contributed by atoms with E-state index >= 15 is 0 Å². The van der Waals surface area contributed by atoms with Gasteiger partial charge in [0.05, 0.1) is 12.1 Å². The molecule has 1 aliphatic carbocycles. The molecule has 3 nitrogen and oxygen atoms in total. The average Bonchev–Trinajstić information content (AvgIpc) is 2.96. The lowest BCUT2D eigenvalue weighted by molar-refractivity contribution is -0.00668. The molecule has 1 saturated heterocycles. The Hall–Kier alpha value is -1.33. The molecule has 5 rings (SSSR count). The van der Waals surface area contributed by atoms with E-state index in [1.807, 2.05) is 11.8 Å². The predicted octanol–water partition coefficient (Wildman–Crippen LogP) is 3.50. The minimum absolute atomic E-state index is 0.0739. The lowest BCUT2D eigenvalue weighted by Crippen LogP contribution is -2.49. The van der Waals surface area contributed by atoms with Gasteiger partial charge in [-0.1, -0.05) is 30.3 Å². The fraction of sp³-hybridized carbons (Fsp3) is 0.478. The molecule has 0 radical (unpaired) electrons. The van der Waals surface area contributed by atoms with E-state index in [0.29, 0.717) is 0 Å². The van der Waals surface area contributed by atoms with Gasteiger partial charge >= 0.3 is 0 Å². The third-order valence-electron chi connectivity index (χ3n) is 7.03. The molecule has 2 aromatic rings. The molecular formula is C23H28N2OS. The summed E-state index contributed by atoms with van der Waals surface area (Å²) in [5, 5.41) is 15.1. The van der Waals surface area contributed by atoms with E-state index in [0.717, 1.165) is 45.4 Å². The summed E-state index contributed by atoms with van der Waals surface area (Å²) in [4.78, 5) is 3.88. The Morgan fingerprint density at radius 1 is 1.11 bits per heavy atom. The number of fused-ring (bicyclic) bond motifs is 3. The maximum absolute atomic E-state index is 11.6. The number of hydrogen-bond acceptors (Lipinski definition) is 4. The number of piperidine rings is 1. The molecule has 0 aromatic heterocycles. The molecule has 2 atom stereocenters. The van der Waals surface area contributed by atoms with Crippen molar-refractivity contribution >= 4 is 11.8 Å². The van der Waals surface area contributed by atoms with Crippen LogP contribution in [0.3, 0.4) is 0 Å². The second-order valence-corrected chi connectivity index (χ2v) is 9.12. The van der Waals surface area contributed by atoms with Crippen LogP contribution < -0.4 is 5.32 Å². The predicted molar refractivity (Wildman–Crippen MR) is 111 cm³/mol. The van der Waals surface area contributed by atoms with Gasteiger partial charge in [-0.2, -0.15) is 0 Å². The van der Waals surface area contributed by atoms with E-state index in [2.05, 4.69) is 58.9 Å². The molecule has 142 valence electrons. The van der Waals surface area contributed by atoms with Gasteiger partial charge in [-0.3, -0.25) is 4.90 Å². The molecule has 0 unspecified atom stereocenters. The monoisotopic (exact) mass is 380 g/mol. The van der Waals surface area contributed by atoms with Gasteiger partial charge < -0.3 is 10.4 Å². The first-order chi connectivity index (χ1) is 13.2. The zero-order valence-electron chi connectivity index (χ0n) is 15.9. The van der Waals surface area contributed by atoms with Crippen LogP contribution in [0.1, 0.15) is 41.1 Å². The lowest BCUT2D eigenvalue weighted by atomic mass is 9.72. The van der Waals surface area contributed by atoms with Gasteiger partial charge in [-0.05, 0) is 73.0 Å². The first-order valence-corrected chi connectivity index (χ1v) is 11.3. The third-order valence-corrected chi connectivity index (χ3v) is 7.75. The van der Waals surface area contributed by atoms with E-state index < -0.39 is 0 Å². The number of hydrogen-bond donors (Lipinski definition) is 2. The first kappa shape index (κ1) is 17.7. The maximum Gasteiger partial charge on any atom is 0.0834 e. The Balaban J connectivity index is 1.50. The molecular weight excluding hydrogens is 352 g/mol. The van der Waals surface area contributed by atoms with Crippen molar-refractivity contribution in [2.75, 3.05) is 25.9 Å². The Bertz CT molecular complexity index is 846. The second kappa shape index (κ2) is 6.93. The highest BCUT2D eigenvalue weighted by molar-refractivity contribution is 7.98. The maximum atomic E-state index is 11.6. The quantitative estimate of drug-likeness (QED) is 0.782. The van der Waals surface area contributed by atoms with E-state index in [1.54, 1.807) is 0 Å². The second-order valence-electron chi connectivity index (χ2n) is 8.24. The standard InChI is InChI=1S/C23H28N2OS/c1-27-18-7-6-17-15-25(13-8-16(17)14-18)21-19-4-2-3-5-20(19)23(22(21)26)9-11-24-12-10-23/h2-7,14,21-22,24,26H,8-13,15H2,1H3/t21-,22+/m1/s1. The van der Waals surface area contributed by atoms with Crippen LogP contribution in [0.4, 0.5) is 0 Å². The van der Waals surface area contributed by atoms with Gasteiger partial charge in [0.15, 0.2) is 0 Å². The zero-order valence-corrected chi connectivity index (χ0v) is 16.8. The average molecular weight is 381 g/mol. The molecule has 0 amide bonds. The molecule has 2 N–H and O–H groups in total. The molecule has 2 aliphatic heterocycles. The van der Waals surface area contributed by atoms with Gasteiger partial charge in [0.2, 0.25) is 0 Å². The van der Waals surface area contributed by atoms with Crippen molar-refractivity contribution < 1.29 is 5.11 Å². The Kier molecular flexibility index (Phi) is 4.55. The van der Waals surface area contributed by atoms with Gasteiger partial charge in [-0.15, -0.1) is 11.8 Å². The Morgan fingerprint density at radius 2 is 1.93 bits per heavy atom. The van der Waals surface area contributed by atoms with Crippen LogP contribution in [-0.2, 0) is 18.4 Å². The number of thioether (sulfide) groups is 1. The summed E-state index contributed by atoms with van der Waals surface area (Å²) in [6.45, 7) is 3.96. The molecule has 3 aliphatic rings. The molecule has 1 spiro atoms. The summed E-state index contributed by atoms with van der Waals surface area (Å²) in [6, 6.07) is 15.8. The van der Waals surface area contributed by atoms with Gasteiger partial charge in [-0.25, -0.2) is 0 Å². The fourth-order valence-corrected chi connectivity index (χ4v) is 6.05. The van der Waals surface area contributed by atoms with E-state index in [-0.39, 0.29) is 17.6 Å². The number of aliphatic hydroxyl groups excluding tert-OH is 1. The summed E-state index contributed by atoms with van der Waals surface area (Å²) in [5.41, 5.74) is 5.59. The van der Waals surface area contributed by atoms with Crippen LogP contribution in [0.25, 0.3) is 0 Å².